The first-order valence-corrected chi connectivity index (χ1v) is 9.70. The van der Waals surface area contributed by atoms with Gasteiger partial charge in [0, 0.05) is 25.2 Å². The Kier molecular flexibility index (Phi) is 5.46. The van der Waals surface area contributed by atoms with Crippen molar-refractivity contribution in [1.29, 1.82) is 0 Å². The first-order chi connectivity index (χ1) is 13.7. The van der Waals surface area contributed by atoms with Crippen molar-refractivity contribution >= 4 is 18.1 Å². The lowest BCUT2D eigenvalue weighted by Crippen LogP contribution is -2.50. The maximum atomic E-state index is 12.4. The van der Waals surface area contributed by atoms with Crippen LogP contribution in [0.2, 0.25) is 0 Å². The van der Waals surface area contributed by atoms with Crippen molar-refractivity contribution in [3.05, 3.63) is 66.1 Å². The summed E-state index contributed by atoms with van der Waals surface area (Å²) in [6, 6.07) is 13.9. The van der Waals surface area contributed by atoms with Gasteiger partial charge < -0.3 is 14.1 Å². The van der Waals surface area contributed by atoms with Crippen molar-refractivity contribution in [2.75, 3.05) is 19.7 Å². The predicted molar refractivity (Wildman–Crippen MR) is 104 cm³/mol. The molecular formula is C22H24N2O4. The number of amides is 2. The standard InChI is InChI=1S/C22H24N2O4/c25-21(9-8-20-7-4-14-27-20)23-12-10-18(11-13-23)24-19(16-28-22(24)26)15-17-5-2-1-3-6-17/h1-9,14,18-19H,10-13,15-16H2. The number of ether oxygens (including phenoxy) is 1. The van der Waals surface area contributed by atoms with E-state index in [-0.39, 0.29) is 24.1 Å². The lowest BCUT2D eigenvalue weighted by molar-refractivity contribution is -0.127. The van der Waals surface area contributed by atoms with Gasteiger partial charge in [0.15, 0.2) is 0 Å². The SMILES string of the molecule is O=C(C=Cc1ccco1)N1CCC(N2C(=O)OCC2Cc2ccccc2)CC1. The number of carbonyl (C=O) groups is 2. The van der Waals surface area contributed by atoms with Gasteiger partial charge >= 0.3 is 6.09 Å². The van der Waals surface area contributed by atoms with Gasteiger partial charge in [-0.3, -0.25) is 9.69 Å². The number of hydrogen-bond acceptors (Lipinski definition) is 4. The molecule has 2 aliphatic rings. The summed E-state index contributed by atoms with van der Waals surface area (Å²) >= 11 is 0. The van der Waals surface area contributed by atoms with Crippen LogP contribution in [0.3, 0.4) is 0 Å². The third kappa shape index (κ3) is 4.11. The van der Waals surface area contributed by atoms with Gasteiger partial charge in [-0.15, -0.1) is 0 Å². The lowest BCUT2D eigenvalue weighted by atomic mass is 9.99. The van der Waals surface area contributed by atoms with E-state index in [1.165, 1.54) is 5.56 Å². The van der Waals surface area contributed by atoms with Crippen LogP contribution < -0.4 is 0 Å². The molecule has 3 heterocycles. The average molecular weight is 380 g/mol. The van der Waals surface area contributed by atoms with E-state index in [0.717, 1.165) is 19.3 Å². The molecule has 2 amide bonds. The Morgan fingerprint density at radius 1 is 1.11 bits per heavy atom. The summed E-state index contributed by atoms with van der Waals surface area (Å²) in [6.07, 6.45) is 6.89. The number of furan rings is 1. The van der Waals surface area contributed by atoms with E-state index in [1.54, 1.807) is 24.5 Å². The molecule has 0 saturated carbocycles. The zero-order valence-electron chi connectivity index (χ0n) is 15.7. The molecule has 0 aliphatic carbocycles. The zero-order valence-corrected chi connectivity index (χ0v) is 15.7. The monoisotopic (exact) mass is 380 g/mol. The molecule has 6 nitrogen and oxygen atoms in total. The maximum Gasteiger partial charge on any atom is 0.410 e. The van der Waals surface area contributed by atoms with E-state index in [9.17, 15) is 9.59 Å². The van der Waals surface area contributed by atoms with Crippen molar-refractivity contribution in [3.63, 3.8) is 0 Å². The van der Waals surface area contributed by atoms with Gasteiger partial charge in [-0.05, 0) is 43.0 Å². The molecule has 0 radical (unpaired) electrons. The lowest BCUT2D eigenvalue weighted by Gasteiger charge is -2.37. The Morgan fingerprint density at radius 3 is 2.61 bits per heavy atom. The molecule has 28 heavy (non-hydrogen) atoms. The zero-order chi connectivity index (χ0) is 19.3. The van der Waals surface area contributed by atoms with E-state index in [2.05, 4.69) is 12.1 Å². The summed E-state index contributed by atoms with van der Waals surface area (Å²) in [5.74, 6) is 0.631. The van der Waals surface area contributed by atoms with E-state index < -0.39 is 0 Å². The Morgan fingerprint density at radius 2 is 1.89 bits per heavy atom. The summed E-state index contributed by atoms with van der Waals surface area (Å²) in [5, 5.41) is 0. The van der Waals surface area contributed by atoms with Crippen molar-refractivity contribution in [1.82, 2.24) is 9.80 Å². The molecule has 2 aromatic rings. The molecule has 1 aromatic heterocycles. The molecule has 4 rings (SSSR count). The fourth-order valence-corrected chi connectivity index (χ4v) is 3.97. The molecule has 6 heteroatoms. The summed E-state index contributed by atoms with van der Waals surface area (Å²) in [4.78, 5) is 28.4. The van der Waals surface area contributed by atoms with Gasteiger partial charge in [-0.25, -0.2) is 4.79 Å². The van der Waals surface area contributed by atoms with Crippen molar-refractivity contribution < 1.29 is 18.7 Å². The maximum absolute atomic E-state index is 12.4. The van der Waals surface area contributed by atoms with Crippen LogP contribution in [0.4, 0.5) is 4.79 Å². The predicted octanol–water partition coefficient (Wildman–Crippen LogP) is 3.35. The smallest absolute Gasteiger partial charge is 0.410 e. The van der Waals surface area contributed by atoms with Gasteiger partial charge in [0.2, 0.25) is 5.91 Å². The highest BCUT2D eigenvalue weighted by atomic mass is 16.6. The number of hydrogen-bond donors (Lipinski definition) is 0. The quantitative estimate of drug-likeness (QED) is 0.747. The first kappa shape index (κ1) is 18.3. The Bertz CT molecular complexity index is 823. The van der Waals surface area contributed by atoms with Crippen molar-refractivity contribution in [2.24, 2.45) is 0 Å². The second-order valence-electron chi connectivity index (χ2n) is 7.23. The van der Waals surface area contributed by atoms with Crippen LogP contribution in [0, 0.1) is 0 Å². The highest BCUT2D eigenvalue weighted by Crippen LogP contribution is 2.26. The Hall–Kier alpha value is -3.02. The van der Waals surface area contributed by atoms with Crippen LogP contribution in [0.1, 0.15) is 24.2 Å². The van der Waals surface area contributed by atoms with Gasteiger partial charge in [0.1, 0.15) is 12.4 Å². The Labute approximate surface area is 164 Å². The van der Waals surface area contributed by atoms with Crippen LogP contribution in [-0.4, -0.2) is 53.6 Å². The second kappa shape index (κ2) is 8.33. The largest absolute Gasteiger partial charge is 0.465 e. The van der Waals surface area contributed by atoms with Crippen LogP contribution in [0.5, 0.6) is 0 Å². The minimum absolute atomic E-state index is 0.0281. The van der Waals surface area contributed by atoms with Gasteiger partial charge in [0.05, 0.1) is 12.3 Å². The van der Waals surface area contributed by atoms with E-state index in [1.807, 2.05) is 34.1 Å². The van der Waals surface area contributed by atoms with E-state index in [4.69, 9.17) is 9.15 Å². The minimum Gasteiger partial charge on any atom is -0.465 e. The van der Waals surface area contributed by atoms with Crippen molar-refractivity contribution in [2.45, 2.75) is 31.3 Å². The summed E-state index contributed by atoms with van der Waals surface area (Å²) in [6.45, 7) is 1.69. The topological polar surface area (TPSA) is 63.0 Å². The van der Waals surface area contributed by atoms with E-state index >= 15 is 0 Å². The molecule has 2 aliphatic heterocycles. The summed E-state index contributed by atoms with van der Waals surface area (Å²) in [7, 11) is 0. The number of carbonyl (C=O) groups excluding carboxylic acids is 2. The molecule has 1 atom stereocenters. The fraction of sp³-hybridized carbons (Fsp3) is 0.364. The highest BCUT2D eigenvalue weighted by Gasteiger charge is 2.39. The van der Waals surface area contributed by atoms with Gasteiger partial charge in [0.25, 0.3) is 0 Å². The van der Waals surface area contributed by atoms with E-state index in [0.29, 0.717) is 25.5 Å². The molecular weight excluding hydrogens is 356 g/mol. The third-order valence-corrected chi connectivity index (χ3v) is 5.42. The molecule has 0 N–H and O–H groups in total. The number of cyclic esters (lactones) is 1. The first-order valence-electron chi connectivity index (χ1n) is 9.70. The molecule has 2 fully saturated rings. The van der Waals surface area contributed by atoms with Crippen LogP contribution in [-0.2, 0) is 16.0 Å². The normalized spacial score (nSPS) is 20.7. The average Bonchev–Trinajstić information content (AvgIpc) is 3.37. The third-order valence-electron chi connectivity index (χ3n) is 5.42. The summed E-state index contributed by atoms with van der Waals surface area (Å²) < 4.78 is 10.6. The van der Waals surface area contributed by atoms with Crippen molar-refractivity contribution in [3.8, 4) is 0 Å². The molecule has 0 bridgehead atoms. The highest BCUT2D eigenvalue weighted by molar-refractivity contribution is 5.91. The molecule has 2 saturated heterocycles. The molecule has 1 aromatic carbocycles. The van der Waals surface area contributed by atoms with Crippen LogP contribution >= 0.6 is 0 Å². The molecule has 0 spiro atoms. The number of likely N-dealkylation sites (tertiary alicyclic amines) is 1. The summed E-state index contributed by atoms with van der Waals surface area (Å²) in [5.41, 5.74) is 1.20. The minimum atomic E-state index is -0.233. The molecule has 146 valence electrons. The number of piperidine rings is 1. The van der Waals surface area contributed by atoms with Crippen LogP contribution in [0.25, 0.3) is 6.08 Å². The van der Waals surface area contributed by atoms with Crippen LogP contribution in [0.15, 0.2) is 59.2 Å². The number of rotatable bonds is 5. The van der Waals surface area contributed by atoms with Gasteiger partial charge in [-0.2, -0.15) is 0 Å². The number of benzene rings is 1. The molecule has 1 unspecified atom stereocenters. The fourth-order valence-electron chi connectivity index (χ4n) is 3.97. The Balaban J connectivity index is 1.34. The second-order valence-corrected chi connectivity index (χ2v) is 7.23. The number of nitrogens with zero attached hydrogens (tertiary/aromatic N) is 2. The van der Waals surface area contributed by atoms with Gasteiger partial charge in [-0.1, -0.05) is 30.3 Å².